The number of nitrogens with two attached hydrogens (primary N) is 1. The molecule has 0 fully saturated rings. The van der Waals surface area contributed by atoms with Crippen molar-refractivity contribution in [2.75, 3.05) is 19.7 Å². The summed E-state index contributed by atoms with van der Waals surface area (Å²) in [5.74, 6) is -0.283. The molecule has 1 amide bonds. The summed E-state index contributed by atoms with van der Waals surface area (Å²) in [6, 6.07) is 0. The Morgan fingerprint density at radius 1 is 1.62 bits per heavy atom. The Bertz CT molecular complexity index is 152. The normalized spacial score (nSPS) is 15.1. The lowest BCUT2D eigenvalue weighted by Crippen LogP contribution is -2.37. The van der Waals surface area contributed by atoms with Crippen LogP contribution < -0.4 is 11.1 Å². The van der Waals surface area contributed by atoms with Gasteiger partial charge in [-0.3, -0.25) is 4.79 Å². The highest BCUT2D eigenvalue weighted by atomic mass is 16.3. The first-order valence-corrected chi connectivity index (χ1v) is 4.38. The smallest absolute Gasteiger partial charge is 0.222 e. The Kier molecular flexibility index (Phi) is 6.48. The molecule has 13 heavy (non-hydrogen) atoms. The molecule has 0 bridgehead atoms. The van der Waals surface area contributed by atoms with Gasteiger partial charge in [0.25, 0.3) is 0 Å². The number of rotatable bonds is 6. The lowest BCUT2D eigenvalue weighted by molar-refractivity contribution is -0.125. The lowest BCUT2D eigenvalue weighted by Gasteiger charge is -2.12. The number of nitrogens with one attached hydrogen (secondary N) is 1. The summed E-state index contributed by atoms with van der Waals surface area (Å²) in [4.78, 5) is 11.2. The Balaban J connectivity index is 3.61. The fraction of sp³-hybridized carbons (Fsp3) is 0.875. The van der Waals surface area contributed by atoms with Gasteiger partial charge in [0.1, 0.15) is 0 Å². The molecule has 0 radical (unpaired) electrons. The van der Waals surface area contributed by atoms with Crippen molar-refractivity contribution in [2.24, 2.45) is 11.7 Å². The average Bonchev–Trinajstić information content (AvgIpc) is 2.13. The molecule has 0 aromatic carbocycles. The first kappa shape index (κ1) is 12.3. The molecule has 5 nitrogen and oxygen atoms in total. The van der Waals surface area contributed by atoms with Crippen LogP contribution in [0.4, 0.5) is 0 Å². The van der Waals surface area contributed by atoms with Crippen molar-refractivity contribution in [1.29, 1.82) is 0 Å². The van der Waals surface area contributed by atoms with Gasteiger partial charge in [0.2, 0.25) is 5.91 Å². The van der Waals surface area contributed by atoms with E-state index < -0.39 is 6.10 Å². The third-order valence-electron chi connectivity index (χ3n) is 1.77. The van der Waals surface area contributed by atoms with E-state index in [0.29, 0.717) is 13.0 Å². The summed E-state index contributed by atoms with van der Waals surface area (Å²) in [6.45, 7) is 1.99. The van der Waals surface area contributed by atoms with Gasteiger partial charge in [-0.05, 0) is 13.0 Å². The molecule has 2 atom stereocenters. The van der Waals surface area contributed by atoms with Crippen LogP contribution in [-0.2, 0) is 4.79 Å². The highest BCUT2D eigenvalue weighted by Crippen LogP contribution is 1.99. The van der Waals surface area contributed by atoms with Crippen LogP contribution in [0.25, 0.3) is 0 Å². The molecule has 0 heterocycles. The van der Waals surface area contributed by atoms with E-state index in [4.69, 9.17) is 15.9 Å². The van der Waals surface area contributed by atoms with Crippen molar-refractivity contribution in [3.05, 3.63) is 0 Å². The zero-order chi connectivity index (χ0) is 10.3. The van der Waals surface area contributed by atoms with Gasteiger partial charge in [-0.15, -0.1) is 0 Å². The van der Waals surface area contributed by atoms with E-state index in [1.165, 1.54) is 0 Å². The zero-order valence-electron chi connectivity index (χ0n) is 7.86. The summed E-state index contributed by atoms with van der Waals surface area (Å²) in [6.07, 6.45) is -0.254. The molecule has 0 aromatic rings. The van der Waals surface area contributed by atoms with Gasteiger partial charge in [-0.1, -0.05) is 6.92 Å². The van der Waals surface area contributed by atoms with Crippen molar-refractivity contribution in [2.45, 2.75) is 19.4 Å². The summed E-state index contributed by atoms with van der Waals surface area (Å²) in [7, 11) is 0. The van der Waals surface area contributed by atoms with Gasteiger partial charge < -0.3 is 21.3 Å². The monoisotopic (exact) mass is 190 g/mol. The van der Waals surface area contributed by atoms with Crippen LogP contribution >= 0.6 is 0 Å². The summed E-state index contributed by atoms with van der Waals surface area (Å²) >= 11 is 0. The molecule has 0 aliphatic carbocycles. The molecular formula is C8H18N2O3. The molecule has 78 valence electrons. The third kappa shape index (κ3) is 5.57. The van der Waals surface area contributed by atoms with Gasteiger partial charge in [0, 0.05) is 12.5 Å². The molecule has 0 aromatic heterocycles. The number of carbonyl (C=O) groups excluding carboxylic acids is 1. The van der Waals surface area contributed by atoms with E-state index in [1.807, 2.05) is 0 Å². The van der Waals surface area contributed by atoms with Crippen molar-refractivity contribution in [3.8, 4) is 0 Å². The fourth-order valence-corrected chi connectivity index (χ4v) is 0.838. The number of carbonyl (C=O) groups is 1. The molecule has 2 unspecified atom stereocenters. The topological polar surface area (TPSA) is 95.6 Å². The van der Waals surface area contributed by atoms with Crippen molar-refractivity contribution in [3.63, 3.8) is 0 Å². The van der Waals surface area contributed by atoms with Gasteiger partial charge in [-0.25, -0.2) is 0 Å². The fourth-order valence-electron chi connectivity index (χ4n) is 0.838. The van der Waals surface area contributed by atoms with Crippen LogP contribution in [0.5, 0.6) is 0 Å². The predicted molar refractivity (Wildman–Crippen MR) is 48.9 cm³/mol. The molecule has 0 aliphatic heterocycles. The van der Waals surface area contributed by atoms with Gasteiger partial charge in [0.15, 0.2) is 0 Å². The highest BCUT2D eigenvalue weighted by Gasteiger charge is 2.12. The zero-order valence-corrected chi connectivity index (χ0v) is 7.86. The SMILES string of the molecule is CC(CCN)C(=O)NCC(O)CO. The Labute approximate surface area is 77.9 Å². The van der Waals surface area contributed by atoms with Crippen LogP contribution in [0.15, 0.2) is 0 Å². The number of aliphatic hydroxyl groups is 2. The first-order valence-electron chi connectivity index (χ1n) is 4.38. The second kappa shape index (κ2) is 6.82. The van der Waals surface area contributed by atoms with Crippen LogP contribution in [0.1, 0.15) is 13.3 Å². The van der Waals surface area contributed by atoms with E-state index >= 15 is 0 Å². The standard InChI is InChI=1S/C8H18N2O3/c1-6(2-3-9)8(13)10-4-7(12)5-11/h6-7,11-12H,2-5,9H2,1H3,(H,10,13). The Morgan fingerprint density at radius 2 is 2.23 bits per heavy atom. The van der Waals surface area contributed by atoms with E-state index in [2.05, 4.69) is 5.32 Å². The number of hydrogen-bond donors (Lipinski definition) is 4. The van der Waals surface area contributed by atoms with E-state index in [-0.39, 0.29) is 25.0 Å². The number of hydrogen-bond acceptors (Lipinski definition) is 4. The minimum atomic E-state index is -0.881. The van der Waals surface area contributed by atoms with E-state index in [9.17, 15) is 4.79 Å². The predicted octanol–water partition coefficient (Wildman–Crippen LogP) is -1.56. The van der Waals surface area contributed by atoms with Crippen molar-refractivity contribution >= 4 is 5.91 Å². The second-order valence-electron chi connectivity index (χ2n) is 3.06. The third-order valence-corrected chi connectivity index (χ3v) is 1.77. The van der Waals surface area contributed by atoms with Crippen molar-refractivity contribution in [1.82, 2.24) is 5.32 Å². The average molecular weight is 190 g/mol. The minimum Gasteiger partial charge on any atom is -0.394 e. The summed E-state index contributed by atoms with van der Waals surface area (Å²) in [5.41, 5.74) is 5.28. The van der Waals surface area contributed by atoms with Crippen LogP contribution in [0.2, 0.25) is 0 Å². The van der Waals surface area contributed by atoms with Crippen LogP contribution in [0.3, 0.4) is 0 Å². The van der Waals surface area contributed by atoms with Gasteiger partial charge in [-0.2, -0.15) is 0 Å². The maximum atomic E-state index is 11.2. The molecular weight excluding hydrogens is 172 g/mol. The molecule has 0 saturated heterocycles. The molecule has 0 rings (SSSR count). The number of aliphatic hydroxyl groups excluding tert-OH is 2. The maximum Gasteiger partial charge on any atom is 0.222 e. The lowest BCUT2D eigenvalue weighted by atomic mass is 10.1. The molecule has 0 spiro atoms. The molecule has 0 aliphatic rings. The maximum absolute atomic E-state index is 11.2. The highest BCUT2D eigenvalue weighted by molar-refractivity contribution is 5.78. The Morgan fingerprint density at radius 3 is 2.69 bits per heavy atom. The Hall–Kier alpha value is -0.650. The van der Waals surface area contributed by atoms with Gasteiger partial charge in [0.05, 0.1) is 12.7 Å². The van der Waals surface area contributed by atoms with Crippen LogP contribution in [-0.4, -0.2) is 41.9 Å². The van der Waals surface area contributed by atoms with E-state index in [0.717, 1.165) is 0 Å². The molecule has 5 heteroatoms. The first-order chi connectivity index (χ1) is 6.11. The van der Waals surface area contributed by atoms with Gasteiger partial charge >= 0.3 is 0 Å². The summed E-state index contributed by atoms with van der Waals surface area (Å²) < 4.78 is 0. The molecule has 0 saturated carbocycles. The minimum absolute atomic E-state index is 0.0875. The second-order valence-corrected chi connectivity index (χ2v) is 3.06. The largest absolute Gasteiger partial charge is 0.394 e. The molecule has 5 N–H and O–H groups in total. The van der Waals surface area contributed by atoms with Crippen molar-refractivity contribution < 1.29 is 15.0 Å². The van der Waals surface area contributed by atoms with Crippen LogP contribution in [0, 0.1) is 5.92 Å². The summed E-state index contributed by atoms with van der Waals surface area (Å²) in [5, 5.41) is 19.9. The number of amides is 1. The van der Waals surface area contributed by atoms with E-state index in [1.54, 1.807) is 6.92 Å². The quantitative estimate of drug-likeness (QED) is 0.407.